The van der Waals surface area contributed by atoms with Gasteiger partial charge in [0.05, 0.1) is 26.4 Å². The van der Waals surface area contributed by atoms with Crippen molar-refractivity contribution in [3.05, 3.63) is 0 Å². The van der Waals surface area contributed by atoms with Crippen LogP contribution in [0.3, 0.4) is 0 Å². The lowest BCUT2D eigenvalue weighted by molar-refractivity contribution is -0.161. The van der Waals surface area contributed by atoms with Crippen LogP contribution >= 0.6 is 15.6 Å². The molecule has 0 aliphatic rings. The Morgan fingerprint density at radius 1 is 0.276 bits per heavy atom. The average molecular weight is 1440 g/mol. The molecule has 0 aliphatic heterocycles. The van der Waals surface area contributed by atoms with Gasteiger partial charge >= 0.3 is 39.5 Å². The van der Waals surface area contributed by atoms with Gasteiger partial charge in [-0.25, -0.2) is 9.13 Å². The number of carbonyl (C=O) groups is 4. The van der Waals surface area contributed by atoms with Crippen molar-refractivity contribution in [3.8, 4) is 0 Å². The van der Waals surface area contributed by atoms with Crippen molar-refractivity contribution in [2.24, 2.45) is 5.92 Å². The smallest absolute Gasteiger partial charge is 0.462 e. The number of rotatable bonds is 79. The van der Waals surface area contributed by atoms with E-state index in [-0.39, 0.29) is 25.7 Å². The Morgan fingerprint density at radius 3 is 0.694 bits per heavy atom. The molecule has 0 amide bonds. The van der Waals surface area contributed by atoms with Crippen LogP contribution in [-0.2, 0) is 65.4 Å². The van der Waals surface area contributed by atoms with E-state index in [0.29, 0.717) is 31.6 Å². The molecule has 582 valence electrons. The molecule has 3 N–H and O–H groups in total. The Labute approximate surface area is 600 Å². The number of ether oxygens (including phenoxy) is 4. The first kappa shape index (κ1) is 96.1. The molecule has 17 nitrogen and oxygen atoms in total. The third-order valence-electron chi connectivity index (χ3n) is 18.5. The number of phosphoric ester groups is 2. The van der Waals surface area contributed by atoms with E-state index in [2.05, 4.69) is 34.6 Å². The molecule has 0 aromatic carbocycles. The van der Waals surface area contributed by atoms with Crippen molar-refractivity contribution in [2.75, 3.05) is 39.6 Å². The first-order valence-electron chi connectivity index (χ1n) is 41.1. The first-order chi connectivity index (χ1) is 47.5. The molecule has 0 aromatic heterocycles. The van der Waals surface area contributed by atoms with Crippen LogP contribution in [-0.4, -0.2) is 96.7 Å². The largest absolute Gasteiger partial charge is 0.472 e. The molecule has 0 bridgehead atoms. The van der Waals surface area contributed by atoms with Gasteiger partial charge in [-0.1, -0.05) is 369 Å². The average Bonchev–Trinajstić information content (AvgIpc) is 0.990. The Bertz CT molecular complexity index is 1870. The van der Waals surface area contributed by atoms with Crippen LogP contribution in [0.15, 0.2) is 0 Å². The normalized spacial score (nSPS) is 13.9. The van der Waals surface area contributed by atoms with Crippen LogP contribution in [0.1, 0.15) is 420 Å². The monoisotopic (exact) mass is 1440 g/mol. The van der Waals surface area contributed by atoms with Crippen molar-refractivity contribution in [1.29, 1.82) is 0 Å². The van der Waals surface area contributed by atoms with Crippen molar-refractivity contribution >= 4 is 39.5 Å². The topological polar surface area (TPSA) is 237 Å². The SMILES string of the molecule is CCCCCCCCCCCCCCCCCCCCCCCCC(=O)O[C@H](COC(=O)CCCCCCCCCCCCCCCCC)COP(=O)(O)OC[C@@H](O)COP(=O)(O)OC[C@@H](COC(=O)CCCCCCCCC(C)C)OC(=O)CCCCCCCCCCCCCC. The minimum absolute atomic E-state index is 0.107. The van der Waals surface area contributed by atoms with Gasteiger partial charge in [0.2, 0.25) is 0 Å². The molecule has 0 saturated carbocycles. The first-order valence-corrected chi connectivity index (χ1v) is 44.1. The number of carbonyl (C=O) groups excluding carboxylic acids is 4. The van der Waals surface area contributed by atoms with E-state index in [0.717, 1.165) is 96.3 Å². The fourth-order valence-electron chi connectivity index (χ4n) is 12.2. The van der Waals surface area contributed by atoms with Crippen LogP contribution < -0.4 is 0 Å². The summed E-state index contributed by atoms with van der Waals surface area (Å²) in [5, 5.41) is 10.6. The van der Waals surface area contributed by atoms with E-state index in [1.54, 1.807) is 0 Å². The molecule has 0 saturated heterocycles. The zero-order chi connectivity index (χ0) is 71.9. The predicted octanol–water partition coefficient (Wildman–Crippen LogP) is 23.6. The van der Waals surface area contributed by atoms with Gasteiger partial charge in [0.25, 0.3) is 0 Å². The van der Waals surface area contributed by atoms with Gasteiger partial charge in [-0.2, -0.15) is 0 Å². The molecule has 0 radical (unpaired) electrons. The summed E-state index contributed by atoms with van der Waals surface area (Å²) >= 11 is 0. The number of hydrogen-bond donors (Lipinski definition) is 3. The van der Waals surface area contributed by atoms with E-state index in [4.69, 9.17) is 37.0 Å². The standard InChI is InChI=1S/C79H154O17P2/c1-6-9-12-15-18-21-24-27-29-30-31-32-33-34-35-37-39-42-45-48-55-60-65-79(84)95-74(68-89-76(81)62-57-52-46-43-41-38-36-28-25-22-19-16-13-10-7-2)70-93-97(85,86)91-66-73(80)67-92-98(87,88)94-71-75(69-90-77(82)63-58-53-50-49-51-56-61-72(4)5)96-78(83)64-59-54-47-44-40-26-23-20-17-14-11-8-3/h72-75,80H,6-71H2,1-5H3,(H,85,86)(H,87,88)/t73-,74-,75-/m1/s1. The van der Waals surface area contributed by atoms with Crippen molar-refractivity contribution in [3.63, 3.8) is 0 Å². The molecule has 2 unspecified atom stereocenters. The highest BCUT2D eigenvalue weighted by Crippen LogP contribution is 2.45. The molecule has 0 fully saturated rings. The maximum absolute atomic E-state index is 13.1. The summed E-state index contributed by atoms with van der Waals surface area (Å²) in [6.07, 6.45) is 62.7. The molecule has 98 heavy (non-hydrogen) atoms. The van der Waals surface area contributed by atoms with Crippen LogP contribution in [0.4, 0.5) is 0 Å². The molecule has 5 atom stereocenters. The highest BCUT2D eigenvalue weighted by Gasteiger charge is 2.30. The lowest BCUT2D eigenvalue weighted by Gasteiger charge is -2.21. The summed E-state index contributed by atoms with van der Waals surface area (Å²) < 4.78 is 68.6. The quantitative estimate of drug-likeness (QED) is 0.0222. The minimum Gasteiger partial charge on any atom is -0.462 e. The third kappa shape index (κ3) is 72.4. The molecule has 0 heterocycles. The Balaban J connectivity index is 5.18. The van der Waals surface area contributed by atoms with Crippen molar-refractivity contribution in [2.45, 2.75) is 438 Å². The van der Waals surface area contributed by atoms with Gasteiger partial charge in [0.15, 0.2) is 12.2 Å². The number of aliphatic hydroxyl groups is 1. The fraction of sp³-hybridized carbons (Fsp3) is 0.949. The highest BCUT2D eigenvalue weighted by molar-refractivity contribution is 7.47. The van der Waals surface area contributed by atoms with Gasteiger partial charge in [0.1, 0.15) is 19.3 Å². The van der Waals surface area contributed by atoms with E-state index in [1.807, 2.05) is 0 Å². The number of aliphatic hydroxyl groups excluding tert-OH is 1. The maximum Gasteiger partial charge on any atom is 0.472 e. The van der Waals surface area contributed by atoms with Gasteiger partial charge in [-0.05, 0) is 31.6 Å². The fourth-order valence-corrected chi connectivity index (χ4v) is 13.8. The van der Waals surface area contributed by atoms with Crippen molar-refractivity contribution < 1.29 is 80.2 Å². The number of hydrogen-bond acceptors (Lipinski definition) is 15. The number of phosphoric acid groups is 2. The van der Waals surface area contributed by atoms with Gasteiger partial charge in [-0.15, -0.1) is 0 Å². The van der Waals surface area contributed by atoms with E-state index < -0.39 is 97.5 Å². The molecule has 0 aromatic rings. The van der Waals surface area contributed by atoms with Crippen LogP contribution in [0.2, 0.25) is 0 Å². The van der Waals surface area contributed by atoms with Gasteiger partial charge in [0, 0.05) is 25.7 Å². The number of unbranched alkanes of at least 4 members (excludes halogenated alkanes) is 51. The molecule has 0 rings (SSSR count). The maximum atomic E-state index is 13.1. The molecule has 19 heteroatoms. The summed E-state index contributed by atoms with van der Waals surface area (Å²) in [6, 6.07) is 0. The Morgan fingerprint density at radius 2 is 0.469 bits per heavy atom. The zero-order valence-corrected chi connectivity index (χ0v) is 65.7. The van der Waals surface area contributed by atoms with E-state index in [1.165, 1.54) is 238 Å². The number of esters is 4. The zero-order valence-electron chi connectivity index (χ0n) is 63.9. The summed E-state index contributed by atoms with van der Waals surface area (Å²) in [6.45, 7) is 7.23. The lowest BCUT2D eigenvalue weighted by atomic mass is 10.0. The lowest BCUT2D eigenvalue weighted by Crippen LogP contribution is -2.30. The molecule has 0 spiro atoms. The Kier molecular flexibility index (Phi) is 70.6. The summed E-state index contributed by atoms with van der Waals surface area (Å²) in [7, 11) is -9.91. The van der Waals surface area contributed by atoms with E-state index in [9.17, 15) is 43.2 Å². The second-order valence-electron chi connectivity index (χ2n) is 28.9. The van der Waals surface area contributed by atoms with Gasteiger partial charge in [-0.3, -0.25) is 37.3 Å². The minimum atomic E-state index is -4.96. The Hall–Kier alpha value is -1.94. The summed E-state index contributed by atoms with van der Waals surface area (Å²) in [5.41, 5.74) is 0. The predicted molar refractivity (Wildman–Crippen MR) is 400 cm³/mol. The second kappa shape index (κ2) is 72.0. The van der Waals surface area contributed by atoms with E-state index >= 15 is 0 Å². The van der Waals surface area contributed by atoms with Crippen LogP contribution in [0.5, 0.6) is 0 Å². The van der Waals surface area contributed by atoms with Crippen LogP contribution in [0, 0.1) is 5.92 Å². The highest BCUT2D eigenvalue weighted by atomic mass is 31.2. The van der Waals surface area contributed by atoms with Crippen LogP contribution in [0.25, 0.3) is 0 Å². The molecular weight excluding hydrogens is 1280 g/mol. The third-order valence-corrected chi connectivity index (χ3v) is 20.4. The summed E-state index contributed by atoms with van der Waals surface area (Å²) in [4.78, 5) is 72.8. The van der Waals surface area contributed by atoms with Gasteiger partial charge < -0.3 is 33.8 Å². The molecule has 0 aliphatic carbocycles. The summed E-state index contributed by atoms with van der Waals surface area (Å²) in [5.74, 6) is -1.43. The molecular formula is C79H154O17P2. The van der Waals surface area contributed by atoms with Crippen molar-refractivity contribution in [1.82, 2.24) is 0 Å². The second-order valence-corrected chi connectivity index (χ2v) is 31.8.